The summed E-state index contributed by atoms with van der Waals surface area (Å²) in [6.07, 6.45) is 6.89. The Morgan fingerprint density at radius 1 is 1.16 bits per heavy atom. The summed E-state index contributed by atoms with van der Waals surface area (Å²) in [7, 11) is 0. The van der Waals surface area contributed by atoms with Crippen molar-refractivity contribution >= 4 is 16.6 Å². The molecular weight excluding hydrogens is 234 g/mol. The molecule has 100 valence electrons. The molecule has 3 heteroatoms. The molecule has 3 nitrogen and oxygen atoms in total. The molecule has 0 amide bonds. The second-order valence-corrected chi connectivity index (χ2v) is 5.46. The Kier molecular flexibility index (Phi) is 3.65. The molecule has 1 aromatic carbocycles. The van der Waals surface area contributed by atoms with Crippen molar-refractivity contribution in [1.29, 1.82) is 0 Å². The molecule has 2 atom stereocenters. The summed E-state index contributed by atoms with van der Waals surface area (Å²) in [5.74, 6) is 0.598. The molecule has 1 aliphatic rings. The number of hydrogen-bond acceptors (Lipinski definition) is 3. The Bertz CT molecular complexity index is 547. The van der Waals surface area contributed by atoms with Crippen LogP contribution in [0.25, 0.3) is 10.9 Å². The second kappa shape index (κ2) is 5.57. The number of hydrogen-bond donors (Lipinski definition) is 2. The topological polar surface area (TPSA) is 50.9 Å². The van der Waals surface area contributed by atoms with Crippen molar-refractivity contribution in [2.45, 2.75) is 31.7 Å². The number of fused-ring (bicyclic) bond motifs is 1. The minimum atomic E-state index is 0.356. The number of aromatic nitrogens is 1. The van der Waals surface area contributed by atoms with Crippen LogP contribution in [0.2, 0.25) is 0 Å². The average molecular weight is 255 g/mol. The van der Waals surface area contributed by atoms with Gasteiger partial charge in [0.25, 0.3) is 0 Å². The summed E-state index contributed by atoms with van der Waals surface area (Å²) < 4.78 is 0. The smallest absolute Gasteiger partial charge is 0.0722 e. The van der Waals surface area contributed by atoms with Crippen molar-refractivity contribution in [3.63, 3.8) is 0 Å². The van der Waals surface area contributed by atoms with Gasteiger partial charge in [-0.1, -0.05) is 31.0 Å². The minimum absolute atomic E-state index is 0.356. The summed E-state index contributed by atoms with van der Waals surface area (Å²) in [6, 6.07) is 10.7. The highest BCUT2D eigenvalue weighted by Crippen LogP contribution is 2.25. The zero-order valence-electron chi connectivity index (χ0n) is 11.2. The Labute approximate surface area is 114 Å². The van der Waals surface area contributed by atoms with Gasteiger partial charge in [-0.25, -0.2) is 0 Å². The highest BCUT2D eigenvalue weighted by molar-refractivity contribution is 5.90. The maximum Gasteiger partial charge on any atom is 0.0722 e. The summed E-state index contributed by atoms with van der Waals surface area (Å²) in [5.41, 5.74) is 8.42. The van der Waals surface area contributed by atoms with E-state index in [1.54, 1.807) is 0 Å². The van der Waals surface area contributed by atoms with Gasteiger partial charge >= 0.3 is 0 Å². The van der Waals surface area contributed by atoms with E-state index in [-0.39, 0.29) is 0 Å². The summed E-state index contributed by atoms with van der Waals surface area (Å²) >= 11 is 0. The fraction of sp³-hybridized carbons (Fsp3) is 0.438. The number of para-hydroxylation sites is 1. The monoisotopic (exact) mass is 255 g/mol. The van der Waals surface area contributed by atoms with E-state index >= 15 is 0 Å². The van der Waals surface area contributed by atoms with Gasteiger partial charge in [0.2, 0.25) is 0 Å². The van der Waals surface area contributed by atoms with Crippen LogP contribution in [0.4, 0.5) is 5.69 Å². The number of rotatable bonds is 3. The van der Waals surface area contributed by atoms with Crippen LogP contribution in [0.1, 0.15) is 25.7 Å². The summed E-state index contributed by atoms with van der Waals surface area (Å²) in [6.45, 7) is 0.967. The molecule has 3 N–H and O–H groups in total. The first-order valence-electron chi connectivity index (χ1n) is 7.18. The number of benzene rings is 1. The molecule has 3 rings (SSSR count). The van der Waals surface area contributed by atoms with E-state index in [0.29, 0.717) is 12.0 Å². The lowest BCUT2D eigenvalue weighted by atomic mass is 9.85. The van der Waals surface area contributed by atoms with Crippen LogP contribution in [-0.2, 0) is 0 Å². The van der Waals surface area contributed by atoms with E-state index in [1.165, 1.54) is 36.8 Å². The normalized spacial score (nSPS) is 23.4. The lowest BCUT2D eigenvalue weighted by Crippen LogP contribution is -2.37. The van der Waals surface area contributed by atoms with Gasteiger partial charge in [0.1, 0.15) is 0 Å². The Hall–Kier alpha value is -1.61. The van der Waals surface area contributed by atoms with Crippen molar-refractivity contribution in [2.75, 3.05) is 11.9 Å². The maximum atomic E-state index is 6.20. The zero-order valence-corrected chi connectivity index (χ0v) is 11.2. The SMILES string of the molecule is NC1CCCCC1CNc1ccnc2ccccc12. The standard InChI is InChI=1S/C16H21N3/c17-14-7-3-1-5-12(14)11-19-16-9-10-18-15-8-4-2-6-13(15)16/h2,4,6,8-10,12,14H,1,3,5,7,11,17H2,(H,18,19). The van der Waals surface area contributed by atoms with Gasteiger partial charge in [-0.15, -0.1) is 0 Å². The first-order chi connectivity index (χ1) is 9.34. The third kappa shape index (κ3) is 2.71. The zero-order chi connectivity index (χ0) is 13.1. The van der Waals surface area contributed by atoms with Gasteiger partial charge in [-0.05, 0) is 30.9 Å². The van der Waals surface area contributed by atoms with Crippen LogP contribution in [0.5, 0.6) is 0 Å². The number of nitrogens with zero attached hydrogens (tertiary/aromatic N) is 1. The second-order valence-electron chi connectivity index (χ2n) is 5.46. The lowest BCUT2D eigenvalue weighted by molar-refractivity contribution is 0.321. The van der Waals surface area contributed by atoms with Gasteiger partial charge in [0.05, 0.1) is 5.52 Å². The fourth-order valence-electron chi connectivity index (χ4n) is 2.98. The van der Waals surface area contributed by atoms with E-state index in [2.05, 4.69) is 28.5 Å². The Balaban J connectivity index is 1.74. The first kappa shape index (κ1) is 12.4. The van der Waals surface area contributed by atoms with Crippen molar-refractivity contribution in [1.82, 2.24) is 4.98 Å². The van der Waals surface area contributed by atoms with E-state index in [0.717, 1.165) is 12.1 Å². The van der Waals surface area contributed by atoms with E-state index < -0.39 is 0 Å². The summed E-state index contributed by atoms with van der Waals surface area (Å²) in [5, 5.41) is 4.76. The highest BCUT2D eigenvalue weighted by atomic mass is 14.9. The number of nitrogens with one attached hydrogen (secondary N) is 1. The molecule has 19 heavy (non-hydrogen) atoms. The Morgan fingerprint density at radius 2 is 2.00 bits per heavy atom. The number of nitrogens with two attached hydrogens (primary N) is 1. The first-order valence-corrected chi connectivity index (χ1v) is 7.18. The molecule has 1 aliphatic carbocycles. The van der Waals surface area contributed by atoms with Gasteiger partial charge < -0.3 is 11.1 Å². The third-order valence-electron chi connectivity index (χ3n) is 4.17. The molecular formula is C16H21N3. The van der Waals surface area contributed by atoms with Gasteiger partial charge in [-0.3, -0.25) is 4.98 Å². The van der Waals surface area contributed by atoms with Gasteiger partial charge in [0, 0.05) is 29.9 Å². The highest BCUT2D eigenvalue weighted by Gasteiger charge is 2.21. The number of anilines is 1. The molecule has 1 saturated carbocycles. The van der Waals surface area contributed by atoms with E-state index in [4.69, 9.17) is 5.73 Å². The van der Waals surface area contributed by atoms with E-state index in [1.807, 2.05) is 18.3 Å². The number of pyridine rings is 1. The average Bonchev–Trinajstić information content (AvgIpc) is 2.46. The van der Waals surface area contributed by atoms with Crippen LogP contribution < -0.4 is 11.1 Å². The molecule has 0 saturated heterocycles. The molecule has 2 aromatic rings. The van der Waals surface area contributed by atoms with Crippen LogP contribution in [0, 0.1) is 5.92 Å². The van der Waals surface area contributed by atoms with Crippen LogP contribution in [-0.4, -0.2) is 17.6 Å². The van der Waals surface area contributed by atoms with Crippen LogP contribution in [0.3, 0.4) is 0 Å². The molecule has 0 bridgehead atoms. The Morgan fingerprint density at radius 3 is 2.89 bits per heavy atom. The van der Waals surface area contributed by atoms with Crippen molar-refractivity contribution in [3.8, 4) is 0 Å². The van der Waals surface area contributed by atoms with Gasteiger partial charge in [-0.2, -0.15) is 0 Å². The predicted molar refractivity (Wildman–Crippen MR) is 80.2 cm³/mol. The largest absolute Gasteiger partial charge is 0.384 e. The van der Waals surface area contributed by atoms with Gasteiger partial charge in [0.15, 0.2) is 0 Å². The molecule has 2 unspecified atom stereocenters. The molecule has 0 spiro atoms. The summed E-state index contributed by atoms with van der Waals surface area (Å²) in [4.78, 5) is 4.39. The molecule has 1 fully saturated rings. The van der Waals surface area contributed by atoms with E-state index in [9.17, 15) is 0 Å². The maximum absolute atomic E-state index is 6.20. The third-order valence-corrected chi connectivity index (χ3v) is 4.17. The van der Waals surface area contributed by atoms with Crippen LogP contribution >= 0.6 is 0 Å². The predicted octanol–water partition coefficient (Wildman–Crippen LogP) is 3.16. The lowest BCUT2D eigenvalue weighted by Gasteiger charge is -2.29. The van der Waals surface area contributed by atoms with Crippen molar-refractivity contribution in [3.05, 3.63) is 36.5 Å². The molecule has 0 aliphatic heterocycles. The quantitative estimate of drug-likeness (QED) is 0.885. The minimum Gasteiger partial charge on any atom is -0.384 e. The molecule has 1 heterocycles. The van der Waals surface area contributed by atoms with Crippen LogP contribution in [0.15, 0.2) is 36.5 Å². The molecule has 0 radical (unpaired) electrons. The molecule has 1 aromatic heterocycles. The van der Waals surface area contributed by atoms with Crippen molar-refractivity contribution in [2.24, 2.45) is 11.7 Å². The van der Waals surface area contributed by atoms with Crippen molar-refractivity contribution < 1.29 is 0 Å². The fourth-order valence-corrected chi connectivity index (χ4v) is 2.98.